The van der Waals surface area contributed by atoms with Gasteiger partial charge in [-0.05, 0) is 33.0 Å². The highest BCUT2D eigenvalue weighted by molar-refractivity contribution is 5.11. The number of hydrogen-bond acceptors (Lipinski definition) is 4. The van der Waals surface area contributed by atoms with Crippen LogP contribution < -0.4 is 10.6 Å². The molecular formula is C13H23N3O. The fourth-order valence-electron chi connectivity index (χ4n) is 2.54. The zero-order valence-corrected chi connectivity index (χ0v) is 11.0. The van der Waals surface area contributed by atoms with Gasteiger partial charge in [0.15, 0.2) is 0 Å². The van der Waals surface area contributed by atoms with Crippen LogP contribution in [-0.4, -0.2) is 44.2 Å². The van der Waals surface area contributed by atoms with Gasteiger partial charge in [-0.25, -0.2) is 0 Å². The molecule has 2 atom stereocenters. The molecule has 0 radical (unpaired) electrons. The number of rotatable bonds is 4. The van der Waals surface area contributed by atoms with Crippen LogP contribution in [-0.2, 0) is 0 Å². The lowest BCUT2D eigenvalue weighted by Gasteiger charge is -2.36. The second kappa shape index (κ2) is 5.67. The van der Waals surface area contributed by atoms with E-state index in [2.05, 4.69) is 28.5 Å². The first kappa shape index (κ1) is 12.6. The summed E-state index contributed by atoms with van der Waals surface area (Å²) >= 11 is 0. The third-order valence-electron chi connectivity index (χ3n) is 3.59. The van der Waals surface area contributed by atoms with Gasteiger partial charge >= 0.3 is 0 Å². The summed E-state index contributed by atoms with van der Waals surface area (Å²) in [5.41, 5.74) is 0. The second-order valence-electron chi connectivity index (χ2n) is 4.74. The molecule has 2 rings (SSSR count). The Morgan fingerprint density at radius 3 is 2.59 bits per heavy atom. The number of nitrogens with one attached hydrogen (secondary N) is 2. The maximum atomic E-state index is 5.74. The summed E-state index contributed by atoms with van der Waals surface area (Å²) in [5, 5.41) is 6.76. The van der Waals surface area contributed by atoms with E-state index in [1.54, 1.807) is 0 Å². The summed E-state index contributed by atoms with van der Waals surface area (Å²) in [7, 11) is 2.00. The van der Waals surface area contributed by atoms with E-state index in [0.717, 1.165) is 37.7 Å². The van der Waals surface area contributed by atoms with Crippen molar-refractivity contribution < 1.29 is 4.42 Å². The predicted octanol–water partition coefficient (Wildman–Crippen LogP) is 1.14. The fourth-order valence-corrected chi connectivity index (χ4v) is 2.54. The Labute approximate surface area is 103 Å². The van der Waals surface area contributed by atoms with Crippen LogP contribution in [0.15, 0.2) is 16.5 Å². The number of furan rings is 1. The Hall–Kier alpha value is -0.840. The quantitative estimate of drug-likeness (QED) is 0.824. The Bertz CT molecular complexity index is 344. The molecule has 96 valence electrons. The first-order valence-electron chi connectivity index (χ1n) is 6.40. The molecule has 0 saturated carbocycles. The molecule has 1 aromatic heterocycles. The average molecular weight is 237 g/mol. The molecule has 1 aliphatic rings. The highest BCUT2D eigenvalue weighted by Crippen LogP contribution is 2.22. The highest BCUT2D eigenvalue weighted by atomic mass is 16.3. The van der Waals surface area contributed by atoms with E-state index < -0.39 is 0 Å². The molecule has 4 heteroatoms. The Balaban J connectivity index is 2.06. The van der Waals surface area contributed by atoms with Gasteiger partial charge in [-0.15, -0.1) is 0 Å². The Morgan fingerprint density at radius 1 is 1.35 bits per heavy atom. The molecule has 0 aliphatic carbocycles. The van der Waals surface area contributed by atoms with E-state index in [-0.39, 0.29) is 6.04 Å². The summed E-state index contributed by atoms with van der Waals surface area (Å²) in [6, 6.07) is 4.83. The molecule has 1 aliphatic heterocycles. The number of aryl methyl sites for hydroxylation is 1. The van der Waals surface area contributed by atoms with Gasteiger partial charge in [0.2, 0.25) is 0 Å². The maximum Gasteiger partial charge on any atom is 0.122 e. The van der Waals surface area contributed by atoms with E-state index >= 15 is 0 Å². The van der Waals surface area contributed by atoms with Crippen LogP contribution in [0.25, 0.3) is 0 Å². The van der Waals surface area contributed by atoms with Crippen molar-refractivity contribution in [2.75, 3.05) is 33.2 Å². The van der Waals surface area contributed by atoms with Gasteiger partial charge in [0.1, 0.15) is 11.5 Å². The van der Waals surface area contributed by atoms with Crippen molar-refractivity contribution in [1.29, 1.82) is 0 Å². The molecule has 4 nitrogen and oxygen atoms in total. The van der Waals surface area contributed by atoms with Crippen LogP contribution in [0.5, 0.6) is 0 Å². The minimum atomic E-state index is 0.266. The lowest BCUT2D eigenvalue weighted by Crippen LogP contribution is -2.51. The van der Waals surface area contributed by atoms with Gasteiger partial charge in [-0.1, -0.05) is 0 Å². The van der Waals surface area contributed by atoms with Crippen LogP contribution in [0, 0.1) is 6.92 Å². The third-order valence-corrected chi connectivity index (χ3v) is 3.59. The SMILES string of the molecule is CNC(c1ccc(C)o1)C(C)N1CCNCC1. The smallest absolute Gasteiger partial charge is 0.122 e. The van der Waals surface area contributed by atoms with E-state index in [1.165, 1.54) is 0 Å². The highest BCUT2D eigenvalue weighted by Gasteiger charge is 2.26. The van der Waals surface area contributed by atoms with Crippen molar-refractivity contribution in [3.05, 3.63) is 23.7 Å². The van der Waals surface area contributed by atoms with Gasteiger partial charge in [0.25, 0.3) is 0 Å². The molecule has 2 unspecified atom stereocenters. The van der Waals surface area contributed by atoms with Gasteiger partial charge in [-0.2, -0.15) is 0 Å². The average Bonchev–Trinajstić information content (AvgIpc) is 2.78. The van der Waals surface area contributed by atoms with Gasteiger partial charge in [-0.3, -0.25) is 4.90 Å². The zero-order chi connectivity index (χ0) is 12.3. The van der Waals surface area contributed by atoms with Crippen molar-refractivity contribution in [2.24, 2.45) is 0 Å². The van der Waals surface area contributed by atoms with Crippen LogP contribution in [0.3, 0.4) is 0 Å². The first-order valence-corrected chi connectivity index (χ1v) is 6.40. The molecule has 1 fully saturated rings. The number of likely N-dealkylation sites (N-methyl/N-ethyl adjacent to an activating group) is 1. The fraction of sp³-hybridized carbons (Fsp3) is 0.692. The van der Waals surface area contributed by atoms with Gasteiger partial charge < -0.3 is 15.1 Å². The molecule has 2 heterocycles. The van der Waals surface area contributed by atoms with Crippen molar-refractivity contribution in [3.63, 3.8) is 0 Å². The van der Waals surface area contributed by atoms with Crippen LogP contribution in [0.4, 0.5) is 0 Å². The molecule has 0 bridgehead atoms. The summed E-state index contributed by atoms with van der Waals surface area (Å²) in [6.45, 7) is 8.64. The largest absolute Gasteiger partial charge is 0.465 e. The zero-order valence-electron chi connectivity index (χ0n) is 11.0. The summed E-state index contributed by atoms with van der Waals surface area (Å²) in [5.74, 6) is 2.02. The monoisotopic (exact) mass is 237 g/mol. The molecule has 1 aromatic rings. The molecule has 2 N–H and O–H groups in total. The van der Waals surface area contributed by atoms with E-state index in [4.69, 9.17) is 4.42 Å². The topological polar surface area (TPSA) is 40.4 Å². The van der Waals surface area contributed by atoms with Crippen LogP contribution in [0.1, 0.15) is 24.5 Å². The predicted molar refractivity (Wildman–Crippen MR) is 69.2 cm³/mol. The first-order chi connectivity index (χ1) is 8.22. The van der Waals surface area contributed by atoms with E-state index in [1.807, 2.05) is 20.0 Å². The normalized spacial score (nSPS) is 21.4. The molecular weight excluding hydrogens is 214 g/mol. The number of hydrogen-bond donors (Lipinski definition) is 2. The van der Waals surface area contributed by atoms with Crippen molar-refractivity contribution in [1.82, 2.24) is 15.5 Å². The lowest BCUT2D eigenvalue weighted by molar-refractivity contribution is 0.144. The number of piperazine rings is 1. The second-order valence-corrected chi connectivity index (χ2v) is 4.74. The van der Waals surface area contributed by atoms with Crippen molar-refractivity contribution in [2.45, 2.75) is 25.9 Å². The molecule has 0 amide bonds. The van der Waals surface area contributed by atoms with Crippen molar-refractivity contribution in [3.8, 4) is 0 Å². The van der Waals surface area contributed by atoms with E-state index in [0.29, 0.717) is 6.04 Å². The maximum absolute atomic E-state index is 5.74. The minimum absolute atomic E-state index is 0.266. The lowest BCUT2D eigenvalue weighted by atomic mass is 10.1. The third kappa shape index (κ3) is 2.89. The molecule has 17 heavy (non-hydrogen) atoms. The van der Waals surface area contributed by atoms with Gasteiger partial charge in [0, 0.05) is 32.2 Å². The number of nitrogens with zero attached hydrogens (tertiary/aromatic N) is 1. The summed E-state index contributed by atoms with van der Waals surface area (Å²) < 4.78 is 5.74. The van der Waals surface area contributed by atoms with Gasteiger partial charge in [0.05, 0.1) is 6.04 Å². The molecule has 0 aromatic carbocycles. The minimum Gasteiger partial charge on any atom is -0.465 e. The summed E-state index contributed by atoms with van der Waals surface area (Å²) in [6.07, 6.45) is 0. The molecule has 0 spiro atoms. The standard InChI is InChI=1S/C13H23N3O/c1-10-4-5-12(17-10)13(14-3)11(2)16-8-6-15-7-9-16/h4-5,11,13-15H,6-9H2,1-3H3. The van der Waals surface area contributed by atoms with Crippen LogP contribution >= 0.6 is 0 Å². The van der Waals surface area contributed by atoms with E-state index in [9.17, 15) is 0 Å². The Morgan fingerprint density at radius 2 is 2.06 bits per heavy atom. The van der Waals surface area contributed by atoms with Crippen LogP contribution in [0.2, 0.25) is 0 Å². The Kier molecular flexibility index (Phi) is 4.20. The van der Waals surface area contributed by atoms with Crippen molar-refractivity contribution >= 4 is 0 Å². The molecule has 1 saturated heterocycles. The summed E-state index contributed by atoms with van der Waals surface area (Å²) in [4.78, 5) is 2.51.